The van der Waals surface area contributed by atoms with Crippen molar-refractivity contribution in [1.29, 1.82) is 0 Å². The molecule has 0 amide bonds. The van der Waals surface area contributed by atoms with E-state index < -0.39 is 0 Å². The molecule has 3 N–H and O–H groups in total. The van der Waals surface area contributed by atoms with E-state index in [1.807, 2.05) is 41.8 Å². The molecule has 0 radical (unpaired) electrons. The van der Waals surface area contributed by atoms with Gasteiger partial charge in [-0.1, -0.05) is 0 Å². The van der Waals surface area contributed by atoms with Crippen LogP contribution in [0, 0.1) is 0 Å². The first-order valence-electron chi connectivity index (χ1n) is 6.34. The van der Waals surface area contributed by atoms with Gasteiger partial charge < -0.3 is 20.7 Å². The fraction of sp³-hybridized carbons (Fsp3) is 0.750. The number of rotatable bonds is 5. The zero-order valence-electron chi connectivity index (χ0n) is 12.9. The smallest absolute Gasteiger partial charge is 0.322 e. The van der Waals surface area contributed by atoms with E-state index in [1.165, 1.54) is 7.11 Å². The topological polar surface area (TPSA) is 84.0 Å². The third-order valence-corrected chi connectivity index (χ3v) is 1.63. The molecule has 0 aromatic carbocycles. The Kier molecular flexibility index (Phi) is 8.52. The minimum absolute atomic E-state index is 0.263. The van der Waals surface area contributed by atoms with Gasteiger partial charge in [0.15, 0.2) is 0 Å². The van der Waals surface area contributed by atoms with Crippen molar-refractivity contribution in [1.82, 2.24) is 20.3 Å². The molecule has 7 heteroatoms. The molecule has 0 saturated heterocycles. The molecule has 0 aliphatic rings. The van der Waals surface area contributed by atoms with E-state index in [9.17, 15) is 0 Å². The molecule has 1 aromatic heterocycles. The van der Waals surface area contributed by atoms with Crippen LogP contribution in [0.15, 0.2) is 0 Å². The SMILES string of the molecule is CNC.COc1nc(NC(C)C)nc(NC(C)C)n1. The molecule has 0 aliphatic heterocycles. The number of hydrogen-bond acceptors (Lipinski definition) is 7. The summed E-state index contributed by atoms with van der Waals surface area (Å²) in [6.07, 6.45) is 0. The molecule has 7 nitrogen and oxygen atoms in total. The van der Waals surface area contributed by atoms with Crippen LogP contribution in [0.3, 0.4) is 0 Å². The molecule has 0 atom stereocenters. The molecule has 0 aliphatic carbocycles. The van der Waals surface area contributed by atoms with E-state index in [0.29, 0.717) is 17.9 Å². The zero-order valence-corrected chi connectivity index (χ0v) is 12.9. The minimum atomic E-state index is 0.263. The van der Waals surface area contributed by atoms with Gasteiger partial charge in [-0.05, 0) is 41.8 Å². The lowest BCUT2D eigenvalue weighted by molar-refractivity contribution is 0.379. The van der Waals surface area contributed by atoms with Gasteiger partial charge >= 0.3 is 6.01 Å². The van der Waals surface area contributed by atoms with Gasteiger partial charge in [-0.2, -0.15) is 15.0 Å². The van der Waals surface area contributed by atoms with Crippen molar-refractivity contribution in [3.63, 3.8) is 0 Å². The van der Waals surface area contributed by atoms with Crippen molar-refractivity contribution >= 4 is 11.9 Å². The number of hydrogen-bond donors (Lipinski definition) is 3. The first-order valence-corrected chi connectivity index (χ1v) is 6.34. The maximum Gasteiger partial charge on any atom is 0.322 e. The van der Waals surface area contributed by atoms with Crippen molar-refractivity contribution in [3.8, 4) is 6.01 Å². The van der Waals surface area contributed by atoms with Gasteiger partial charge in [0, 0.05) is 12.1 Å². The highest BCUT2D eigenvalue weighted by atomic mass is 16.5. The van der Waals surface area contributed by atoms with Gasteiger partial charge in [0.25, 0.3) is 0 Å². The van der Waals surface area contributed by atoms with E-state index in [1.54, 1.807) is 0 Å². The van der Waals surface area contributed by atoms with Crippen LogP contribution in [0.5, 0.6) is 6.01 Å². The van der Waals surface area contributed by atoms with Crippen LogP contribution in [0.1, 0.15) is 27.7 Å². The molecule has 0 fully saturated rings. The Morgan fingerprint density at radius 3 is 1.47 bits per heavy atom. The van der Waals surface area contributed by atoms with Crippen LogP contribution in [0.2, 0.25) is 0 Å². The summed E-state index contributed by atoms with van der Waals surface area (Å²) in [5, 5.41) is 8.97. The Labute approximate surface area is 115 Å². The van der Waals surface area contributed by atoms with Crippen LogP contribution in [-0.4, -0.2) is 48.2 Å². The van der Waals surface area contributed by atoms with E-state index in [2.05, 4.69) is 30.9 Å². The number of nitrogens with zero attached hydrogens (tertiary/aromatic N) is 3. The lowest BCUT2D eigenvalue weighted by atomic mass is 10.4. The molecule has 0 saturated carbocycles. The van der Waals surface area contributed by atoms with Crippen molar-refractivity contribution in [2.75, 3.05) is 31.8 Å². The molecular weight excluding hydrogens is 244 g/mol. The third kappa shape index (κ3) is 8.15. The van der Waals surface area contributed by atoms with Crippen LogP contribution < -0.4 is 20.7 Å². The zero-order chi connectivity index (χ0) is 14.8. The molecule has 1 heterocycles. The van der Waals surface area contributed by atoms with Crippen molar-refractivity contribution < 1.29 is 4.74 Å². The van der Waals surface area contributed by atoms with Gasteiger partial charge in [-0.3, -0.25) is 0 Å². The standard InChI is InChI=1S/C10H19N5O.C2H7N/c1-6(2)11-8-13-9(12-7(3)4)15-10(14-8)16-5;1-3-2/h6-7H,1-5H3,(H2,11,12,13,14,15);3H,1-2H3. The molecule has 1 aromatic rings. The lowest BCUT2D eigenvalue weighted by Gasteiger charge is -2.12. The summed E-state index contributed by atoms with van der Waals surface area (Å²) in [5.74, 6) is 1.04. The van der Waals surface area contributed by atoms with Crippen LogP contribution in [0.4, 0.5) is 11.9 Å². The second-order valence-corrected chi connectivity index (χ2v) is 4.57. The van der Waals surface area contributed by atoms with E-state index >= 15 is 0 Å². The fourth-order valence-corrected chi connectivity index (χ4v) is 1.09. The highest BCUT2D eigenvalue weighted by Gasteiger charge is 2.08. The van der Waals surface area contributed by atoms with Crippen LogP contribution in [0.25, 0.3) is 0 Å². The van der Waals surface area contributed by atoms with Gasteiger partial charge in [0.05, 0.1) is 7.11 Å². The number of anilines is 2. The number of methoxy groups -OCH3 is 1. The normalized spacial score (nSPS) is 9.95. The molecule has 1 rings (SSSR count). The number of aromatic nitrogens is 3. The van der Waals surface area contributed by atoms with Crippen molar-refractivity contribution in [2.45, 2.75) is 39.8 Å². The van der Waals surface area contributed by atoms with Crippen LogP contribution in [-0.2, 0) is 0 Å². The monoisotopic (exact) mass is 270 g/mol. The maximum atomic E-state index is 5.02. The summed E-state index contributed by atoms with van der Waals surface area (Å²) < 4.78 is 5.02. The second kappa shape index (κ2) is 9.32. The lowest BCUT2D eigenvalue weighted by Crippen LogP contribution is -2.17. The van der Waals surface area contributed by atoms with E-state index in [0.717, 1.165) is 0 Å². The second-order valence-electron chi connectivity index (χ2n) is 4.57. The van der Waals surface area contributed by atoms with Gasteiger partial charge in [0.1, 0.15) is 0 Å². The number of ether oxygens (including phenoxy) is 1. The molecule has 0 unspecified atom stereocenters. The molecule has 0 bridgehead atoms. The molecule has 19 heavy (non-hydrogen) atoms. The third-order valence-electron chi connectivity index (χ3n) is 1.63. The largest absolute Gasteiger partial charge is 0.467 e. The van der Waals surface area contributed by atoms with Crippen LogP contribution >= 0.6 is 0 Å². The summed E-state index contributed by atoms with van der Waals surface area (Å²) in [6.45, 7) is 8.08. The Balaban J connectivity index is 0.000000982. The van der Waals surface area contributed by atoms with Gasteiger partial charge in [-0.25, -0.2) is 0 Å². The van der Waals surface area contributed by atoms with Crippen molar-refractivity contribution in [3.05, 3.63) is 0 Å². The Morgan fingerprint density at radius 1 is 0.842 bits per heavy atom. The highest BCUT2D eigenvalue weighted by Crippen LogP contribution is 2.12. The summed E-state index contributed by atoms with van der Waals surface area (Å²) in [7, 11) is 5.29. The van der Waals surface area contributed by atoms with Gasteiger partial charge in [-0.15, -0.1) is 0 Å². The first kappa shape index (κ1) is 17.4. The predicted octanol–water partition coefficient (Wildman–Crippen LogP) is 1.36. The molecule has 110 valence electrons. The molecular formula is C12H26N6O. The average molecular weight is 270 g/mol. The maximum absolute atomic E-state index is 5.02. The highest BCUT2D eigenvalue weighted by molar-refractivity contribution is 5.36. The predicted molar refractivity (Wildman–Crippen MR) is 78.9 cm³/mol. The van der Waals surface area contributed by atoms with E-state index in [-0.39, 0.29) is 12.1 Å². The Morgan fingerprint density at radius 2 is 1.21 bits per heavy atom. The fourth-order valence-electron chi connectivity index (χ4n) is 1.09. The summed E-state index contributed by atoms with van der Waals surface area (Å²) >= 11 is 0. The summed E-state index contributed by atoms with van der Waals surface area (Å²) in [4.78, 5) is 12.4. The molecule has 0 spiro atoms. The first-order chi connectivity index (χ1) is 8.92. The summed E-state index contributed by atoms with van der Waals surface area (Å²) in [6, 6.07) is 0.833. The Hall–Kier alpha value is -1.63. The summed E-state index contributed by atoms with van der Waals surface area (Å²) in [5.41, 5.74) is 0. The van der Waals surface area contributed by atoms with Crippen molar-refractivity contribution in [2.24, 2.45) is 0 Å². The Bertz CT molecular complexity index is 328. The number of nitrogens with one attached hydrogen (secondary N) is 3. The minimum Gasteiger partial charge on any atom is -0.467 e. The average Bonchev–Trinajstić information content (AvgIpc) is 2.27. The quantitative estimate of drug-likeness (QED) is 0.745. The van der Waals surface area contributed by atoms with E-state index in [4.69, 9.17) is 4.74 Å². The van der Waals surface area contributed by atoms with Gasteiger partial charge in [0.2, 0.25) is 11.9 Å².